The third kappa shape index (κ3) is 6.03. The number of nitrogens with one attached hydrogen (secondary N) is 1. The summed E-state index contributed by atoms with van der Waals surface area (Å²) in [5.41, 5.74) is -1.23. The van der Waals surface area contributed by atoms with Crippen molar-refractivity contribution in [2.75, 3.05) is 18.5 Å². The number of hydrogen-bond acceptors (Lipinski definition) is 4. The number of hydrogen-bond donors (Lipinski definition) is 2. The first-order valence-corrected chi connectivity index (χ1v) is 10.9. The first-order chi connectivity index (χ1) is 11.3. The lowest BCUT2D eigenvalue weighted by Crippen LogP contribution is -2.43. The SMILES string of the molecule is CC(C)(C)[Si](C)(C)OC[C@@H](O)CNc1ccc(C#N)c(C(F)(F)F)c1. The third-order valence-corrected chi connectivity index (χ3v) is 8.93. The molecule has 0 spiro atoms. The number of nitrogens with zero attached hydrogens (tertiary/aromatic N) is 1. The summed E-state index contributed by atoms with van der Waals surface area (Å²) in [6, 6.07) is 4.91. The molecule has 0 bridgehead atoms. The fourth-order valence-electron chi connectivity index (χ4n) is 1.80. The van der Waals surface area contributed by atoms with E-state index in [0.717, 1.165) is 12.1 Å². The molecule has 1 atom stereocenters. The summed E-state index contributed by atoms with van der Waals surface area (Å²) in [5.74, 6) is 0. The van der Waals surface area contributed by atoms with Crippen LogP contribution in [0.1, 0.15) is 31.9 Å². The van der Waals surface area contributed by atoms with Gasteiger partial charge in [0.15, 0.2) is 8.32 Å². The lowest BCUT2D eigenvalue weighted by atomic mass is 10.1. The Kier molecular flexibility index (Phi) is 6.67. The second-order valence-corrected chi connectivity index (χ2v) is 12.3. The van der Waals surface area contributed by atoms with Crippen LogP contribution in [0, 0.1) is 11.3 Å². The van der Waals surface area contributed by atoms with Crippen molar-refractivity contribution in [2.45, 2.75) is 51.2 Å². The van der Waals surface area contributed by atoms with Crippen molar-refractivity contribution in [3.05, 3.63) is 29.3 Å². The molecule has 0 unspecified atom stereocenters. The predicted molar refractivity (Wildman–Crippen MR) is 93.8 cm³/mol. The quantitative estimate of drug-likeness (QED) is 0.726. The lowest BCUT2D eigenvalue weighted by Gasteiger charge is -2.36. The van der Waals surface area contributed by atoms with Crippen LogP contribution in [0.2, 0.25) is 18.1 Å². The van der Waals surface area contributed by atoms with Crippen LogP contribution >= 0.6 is 0 Å². The molecule has 8 heteroatoms. The van der Waals surface area contributed by atoms with E-state index in [1.807, 2.05) is 0 Å². The van der Waals surface area contributed by atoms with Crippen LogP contribution in [0.25, 0.3) is 0 Å². The fourth-order valence-corrected chi connectivity index (χ4v) is 2.84. The van der Waals surface area contributed by atoms with Crippen molar-refractivity contribution < 1.29 is 22.7 Å². The largest absolute Gasteiger partial charge is 0.417 e. The summed E-state index contributed by atoms with van der Waals surface area (Å²) in [6.45, 7) is 10.5. The van der Waals surface area contributed by atoms with Crippen molar-refractivity contribution in [3.8, 4) is 6.07 Å². The number of nitriles is 1. The maximum Gasteiger partial charge on any atom is 0.417 e. The van der Waals surface area contributed by atoms with Crippen LogP contribution in [-0.4, -0.2) is 32.7 Å². The van der Waals surface area contributed by atoms with E-state index in [-0.39, 0.29) is 23.9 Å². The molecule has 0 aliphatic rings. The molecule has 140 valence electrons. The summed E-state index contributed by atoms with van der Waals surface area (Å²) in [7, 11) is -1.99. The molecule has 0 aliphatic carbocycles. The topological polar surface area (TPSA) is 65.3 Å². The summed E-state index contributed by atoms with van der Waals surface area (Å²) in [6.07, 6.45) is -5.45. The average molecular weight is 374 g/mol. The van der Waals surface area contributed by atoms with Gasteiger partial charge in [0.25, 0.3) is 0 Å². The number of anilines is 1. The second kappa shape index (κ2) is 7.77. The number of benzene rings is 1. The van der Waals surface area contributed by atoms with Gasteiger partial charge in [-0.25, -0.2) is 0 Å². The minimum Gasteiger partial charge on any atom is -0.414 e. The molecule has 0 aromatic heterocycles. The summed E-state index contributed by atoms with van der Waals surface area (Å²) in [5, 5.41) is 21.6. The first kappa shape index (κ1) is 21.5. The van der Waals surface area contributed by atoms with E-state index in [2.05, 4.69) is 39.2 Å². The van der Waals surface area contributed by atoms with Gasteiger partial charge < -0.3 is 14.8 Å². The Hall–Kier alpha value is -1.56. The summed E-state index contributed by atoms with van der Waals surface area (Å²) >= 11 is 0. The zero-order valence-electron chi connectivity index (χ0n) is 15.2. The Morgan fingerprint density at radius 1 is 1.28 bits per heavy atom. The Bertz CT molecular complexity index is 634. The van der Waals surface area contributed by atoms with E-state index in [0.29, 0.717) is 0 Å². The number of aliphatic hydroxyl groups excluding tert-OH is 1. The van der Waals surface area contributed by atoms with Crippen LogP contribution in [0.3, 0.4) is 0 Å². The molecule has 0 radical (unpaired) electrons. The summed E-state index contributed by atoms with van der Waals surface area (Å²) < 4.78 is 44.7. The maximum atomic E-state index is 12.9. The van der Waals surface area contributed by atoms with Gasteiger partial charge in [-0.2, -0.15) is 18.4 Å². The van der Waals surface area contributed by atoms with Gasteiger partial charge >= 0.3 is 6.18 Å². The third-order valence-electron chi connectivity index (χ3n) is 4.43. The molecule has 0 fully saturated rings. The molecule has 1 aromatic rings. The molecule has 0 saturated heterocycles. The highest BCUT2D eigenvalue weighted by Gasteiger charge is 2.37. The van der Waals surface area contributed by atoms with Gasteiger partial charge in [0.05, 0.1) is 29.9 Å². The van der Waals surface area contributed by atoms with Crippen molar-refractivity contribution in [2.24, 2.45) is 0 Å². The van der Waals surface area contributed by atoms with Crippen molar-refractivity contribution in [3.63, 3.8) is 0 Å². The number of halogens is 3. The van der Waals surface area contributed by atoms with E-state index in [1.165, 1.54) is 12.1 Å². The molecule has 0 amide bonds. The number of aliphatic hydroxyl groups is 1. The smallest absolute Gasteiger partial charge is 0.414 e. The summed E-state index contributed by atoms with van der Waals surface area (Å²) in [4.78, 5) is 0. The normalized spacial score (nSPS) is 14.1. The maximum absolute atomic E-state index is 12.9. The van der Waals surface area contributed by atoms with Crippen LogP contribution in [0.5, 0.6) is 0 Å². The van der Waals surface area contributed by atoms with Crippen LogP contribution < -0.4 is 5.32 Å². The minimum atomic E-state index is -4.60. The Balaban J connectivity index is 2.69. The van der Waals surface area contributed by atoms with Crippen molar-refractivity contribution in [1.82, 2.24) is 0 Å². The van der Waals surface area contributed by atoms with E-state index >= 15 is 0 Å². The van der Waals surface area contributed by atoms with E-state index in [4.69, 9.17) is 9.69 Å². The van der Waals surface area contributed by atoms with Crippen LogP contribution in [0.15, 0.2) is 18.2 Å². The molecular formula is C17H25F3N2O2Si. The molecule has 1 aromatic carbocycles. The van der Waals surface area contributed by atoms with E-state index < -0.39 is 31.7 Å². The molecule has 2 N–H and O–H groups in total. The van der Waals surface area contributed by atoms with Gasteiger partial charge in [0.2, 0.25) is 0 Å². The van der Waals surface area contributed by atoms with Gasteiger partial charge in [0.1, 0.15) is 0 Å². The molecule has 0 saturated carbocycles. The minimum absolute atomic E-state index is 0.00881. The Morgan fingerprint density at radius 2 is 1.88 bits per heavy atom. The van der Waals surface area contributed by atoms with Crippen molar-refractivity contribution >= 4 is 14.0 Å². The standard InChI is InChI=1S/C17H25F3N2O2Si/c1-16(2,3)25(4,5)24-11-14(23)10-22-13-7-6-12(9-21)15(8-13)17(18,19)20/h6-8,14,22-23H,10-11H2,1-5H3/t14-/m0/s1. The zero-order chi connectivity index (χ0) is 19.5. The van der Waals surface area contributed by atoms with Gasteiger partial charge in [-0.3, -0.25) is 0 Å². The monoisotopic (exact) mass is 374 g/mol. The molecule has 1 rings (SSSR count). The van der Waals surface area contributed by atoms with E-state index in [9.17, 15) is 18.3 Å². The predicted octanol–water partition coefficient (Wildman–Crippen LogP) is 4.37. The number of rotatable bonds is 6. The molecule has 4 nitrogen and oxygen atoms in total. The van der Waals surface area contributed by atoms with Gasteiger partial charge in [-0.05, 0) is 36.3 Å². The first-order valence-electron chi connectivity index (χ1n) is 7.95. The Labute approximate surface area is 147 Å². The Morgan fingerprint density at radius 3 is 2.36 bits per heavy atom. The highest BCUT2D eigenvalue weighted by molar-refractivity contribution is 6.74. The van der Waals surface area contributed by atoms with Crippen LogP contribution in [0.4, 0.5) is 18.9 Å². The second-order valence-electron chi connectivity index (χ2n) is 7.48. The molecule has 0 aliphatic heterocycles. The van der Waals surface area contributed by atoms with Crippen molar-refractivity contribution in [1.29, 1.82) is 5.26 Å². The van der Waals surface area contributed by atoms with Gasteiger partial charge in [-0.15, -0.1) is 0 Å². The van der Waals surface area contributed by atoms with E-state index in [1.54, 1.807) is 0 Å². The molecule has 25 heavy (non-hydrogen) atoms. The zero-order valence-corrected chi connectivity index (χ0v) is 16.2. The van der Waals surface area contributed by atoms with Gasteiger partial charge in [0, 0.05) is 12.2 Å². The highest BCUT2D eigenvalue weighted by atomic mass is 28.4. The number of alkyl halides is 3. The fraction of sp³-hybridized carbons (Fsp3) is 0.588. The highest BCUT2D eigenvalue weighted by Crippen LogP contribution is 2.36. The van der Waals surface area contributed by atoms with Crippen LogP contribution in [-0.2, 0) is 10.6 Å². The average Bonchev–Trinajstić information content (AvgIpc) is 2.48. The molecule has 0 heterocycles. The molecular weight excluding hydrogens is 349 g/mol. The lowest BCUT2D eigenvalue weighted by molar-refractivity contribution is -0.137. The van der Waals surface area contributed by atoms with Gasteiger partial charge in [-0.1, -0.05) is 20.8 Å².